The molecule has 1 saturated heterocycles. The van der Waals surface area contributed by atoms with Gasteiger partial charge in [-0.15, -0.1) is 0 Å². The van der Waals surface area contributed by atoms with Crippen molar-refractivity contribution in [2.24, 2.45) is 0 Å². The summed E-state index contributed by atoms with van der Waals surface area (Å²) in [5.41, 5.74) is 0.590. The maximum Gasteiger partial charge on any atom is 0.343 e. The second kappa shape index (κ2) is 5.46. The van der Waals surface area contributed by atoms with E-state index in [-0.39, 0.29) is 10.7 Å². The maximum atomic E-state index is 11.1. The highest BCUT2D eigenvalue weighted by molar-refractivity contribution is 7.81. The van der Waals surface area contributed by atoms with Crippen LogP contribution in [0.15, 0.2) is 41.8 Å². The molecule has 0 aliphatic carbocycles. The second-order valence-electron chi connectivity index (χ2n) is 3.65. The van der Waals surface area contributed by atoms with Crippen LogP contribution < -0.4 is 16.0 Å². The predicted octanol–water partition coefficient (Wildman–Crippen LogP) is 1.06. The SMILES string of the molecule is O=[N+]([O-])C(C(=S)Nc1ccccc1)=C1NCCN1. The first-order valence-corrected chi connectivity index (χ1v) is 5.82. The van der Waals surface area contributed by atoms with E-state index in [0.29, 0.717) is 18.9 Å². The first-order valence-electron chi connectivity index (χ1n) is 5.41. The van der Waals surface area contributed by atoms with Crippen molar-refractivity contribution < 1.29 is 4.92 Å². The summed E-state index contributed by atoms with van der Waals surface area (Å²) in [6, 6.07) is 9.11. The fourth-order valence-corrected chi connectivity index (χ4v) is 1.90. The third-order valence-electron chi connectivity index (χ3n) is 2.39. The van der Waals surface area contributed by atoms with Crippen molar-refractivity contribution >= 4 is 22.9 Å². The number of benzene rings is 1. The lowest BCUT2D eigenvalue weighted by Gasteiger charge is -2.08. The van der Waals surface area contributed by atoms with Crippen molar-refractivity contribution in [3.63, 3.8) is 0 Å². The minimum atomic E-state index is -0.487. The van der Waals surface area contributed by atoms with E-state index in [1.54, 1.807) is 12.1 Å². The van der Waals surface area contributed by atoms with Crippen molar-refractivity contribution in [2.45, 2.75) is 0 Å². The molecule has 1 aliphatic heterocycles. The first-order chi connectivity index (χ1) is 8.68. The molecule has 0 aromatic heterocycles. The van der Waals surface area contributed by atoms with E-state index in [0.717, 1.165) is 5.69 Å². The van der Waals surface area contributed by atoms with Gasteiger partial charge in [-0.05, 0) is 12.1 Å². The molecule has 1 aromatic carbocycles. The van der Waals surface area contributed by atoms with Crippen LogP contribution in [0.3, 0.4) is 0 Å². The van der Waals surface area contributed by atoms with Gasteiger partial charge in [0.1, 0.15) is 0 Å². The van der Waals surface area contributed by atoms with Gasteiger partial charge in [0.25, 0.3) is 0 Å². The van der Waals surface area contributed by atoms with Crippen molar-refractivity contribution in [3.8, 4) is 0 Å². The van der Waals surface area contributed by atoms with Gasteiger partial charge in [-0.25, -0.2) is 0 Å². The van der Waals surface area contributed by atoms with Gasteiger partial charge in [-0.1, -0.05) is 30.4 Å². The van der Waals surface area contributed by atoms with Gasteiger partial charge < -0.3 is 16.0 Å². The van der Waals surface area contributed by atoms with Gasteiger partial charge in [-0.3, -0.25) is 10.1 Å². The minimum absolute atomic E-state index is 0.0862. The van der Waals surface area contributed by atoms with E-state index < -0.39 is 4.92 Å². The Morgan fingerprint density at radius 3 is 2.44 bits per heavy atom. The van der Waals surface area contributed by atoms with Gasteiger partial charge in [0, 0.05) is 18.8 Å². The van der Waals surface area contributed by atoms with Gasteiger partial charge in [0.15, 0.2) is 10.8 Å². The summed E-state index contributed by atoms with van der Waals surface area (Å²) in [6.07, 6.45) is 0. The average Bonchev–Trinajstić information content (AvgIpc) is 2.83. The van der Waals surface area contributed by atoms with Crippen LogP contribution in [-0.4, -0.2) is 23.0 Å². The Kier molecular flexibility index (Phi) is 3.73. The van der Waals surface area contributed by atoms with E-state index in [1.165, 1.54) is 0 Å². The van der Waals surface area contributed by atoms with Crippen LogP contribution in [-0.2, 0) is 0 Å². The Balaban J connectivity index is 2.20. The monoisotopic (exact) mass is 264 g/mol. The van der Waals surface area contributed by atoms with Crippen LogP contribution in [0.1, 0.15) is 0 Å². The molecule has 0 radical (unpaired) electrons. The molecule has 7 heteroatoms. The van der Waals surface area contributed by atoms with E-state index in [9.17, 15) is 10.1 Å². The third kappa shape index (κ3) is 2.75. The lowest BCUT2D eigenvalue weighted by Crippen LogP contribution is -2.26. The van der Waals surface area contributed by atoms with Crippen molar-refractivity contribution in [1.82, 2.24) is 10.6 Å². The standard InChI is InChI=1S/C11H12N4O2S/c16-15(17)9(10-12-6-7-13-10)11(18)14-8-4-2-1-3-5-8/h1-5,12-13H,6-7H2,(H,14,18). The molecule has 0 bridgehead atoms. The predicted molar refractivity (Wildman–Crippen MR) is 72.7 cm³/mol. The Morgan fingerprint density at radius 2 is 1.89 bits per heavy atom. The zero-order valence-electron chi connectivity index (χ0n) is 9.47. The molecule has 2 rings (SSSR count). The first kappa shape index (κ1) is 12.3. The molecule has 18 heavy (non-hydrogen) atoms. The van der Waals surface area contributed by atoms with Gasteiger partial charge >= 0.3 is 5.70 Å². The quantitative estimate of drug-likeness (QED) is 0.328. The Morgan fingerprint density at radius 1 is 1.28 bits per heavy atom. The Hall–Kier alpha value is -2.15. The normalized spacial score (nSPS) is 13.4. The smallest absolute Gasteiger partial charge is 0.343 e. The zero-order valence-corrected chi connectivity index (χ0v) is 10.3. The number of hydrogen-bond acceptors (Lipinski definition) is 5. The molecule has 0 saturated carbocycles. The highest BCUT2D eigenvalue weighted by atomic mass is 32.1. The average molecular weight is 264 g/mol. The molecule has 0 spiro atoms. The van der Waals surface area contributed by atoms with Gasteiger partial charge in [0.05, 0.1) is 4.92 Å². The summed E-state index contributed by atoms with van der Waals surface area (Å²) in [5.74, 6) is 0.369. The van der Waals surface area contributed by atoms with Crippen molar-refractivity contribution in [1.29, 1.82) is 0 Å². The van der Waals surface area contributed by atoms with Gasteiger partial charge in [0.2, 0.25) is 0 Å². The van der Waals surface area contributed by atoms with Crippen LogP contribution in [0.4, 0.5) is 5.69 Å². The summed E-state index contributed by atoms with van der Waals surface area (Å²) in [7, 11) is 0. The summed E-state index contributed by atoms with van der Waals surface area (Å²) in [5, 5.41) is 19.7. The number of rotatable bonds is 3. The third-order valence-corrected chi connectivity index (χ3v) is 2.69. The van der Waals surface area contributed by atoms with Crippen LogP contribution in [0.5, 0.6) is 0 Å². The van der Waals surface area contributed by atoms with Crippen LogP contribution in [0.2, 0.25) is 0 Å². The summed E-state index contributed by atoms with van der Waals surface area (Å²) in [4.78, 5) is 10.7. The molecule has 1 heterocycles. The highest BCUT2D eigenvalue weighted by Gasteiger charge is 2.26. The fraction of sp³-hybridized carbons (Fsp3) is 0.182. The molecule has 1 aliphatic rings. The summed E-state index contributed by atoms with van der Waals surface area (Å²) in [6.45, 7) is 1.31. The number of nitrogens with one attached hydrogen (secondary N) is 3. The highest BCUT2D eigenvalue weighted by Crippen LogP contribution is 2.11. The van der Waals surface area contributed by atoms with Gasteiger partial charge in [-0.2, -0.15) is 0 Å². The molecular formula is C11H12N4O2S. The maximum absolute atomic E-state index is 11.1. The molecule has 3 N–H and O–H groups in total. The Labute approximate surface area is 109 Å². The summed E-state index contributed by atoms with van der Waals surface area (Å²) < 4.78 is 0. The number of thiocarbonyl (C=S) groups is 1. The number of nitro groups is 1. The number of para-hydroxylation sites is 1. The molecular weight excluding hydrogens is 252 g/mol. The number of hydrogen-bond donors (Lipinski definition) is 3. The molecule has 0 amide bonds. The number of nitrogens with zero attached hydrogens (tertiary/aromatic N) is 1. The molecule has 94 valence electrons. The number of anilines is 1. The second-order valence-corrected chi connectivity index (χ2v) is 4.06. The molecule has 6 nitrogen and oxygen atoms in total. The Bertz CT molecular complexity index is 493. The lowest BCUT2D eigenvalue weighted by molar-refractivity contribution is -0.416. The van der Waals surface area contributed by atoms with Crippen LogP contribution in [0, 0.1) is 10.1 Å². The van der Waals surface area contributed by atoms with Crippen LogP contribution >= 0.6 is 12.2 Å². The largest absolute Gasteiger partial charge is 0.364 e. The summed E-state index contributed by atoms with van der Waals surface area (Å²) >= 11 is 5.08. The molecule has 0 atom stereocenters. The minimum Gasteiger partial charge on any atom is -0.364 e. The van der Waals surface area contributed by atoms with E-state index >= 15 is 0 Å². The molecule has 1 aromatic rings. The van der Waals surface area contributed by atoms with Crippen LogP contribution in [0.25, 0.3) is 0 Å². The van der Waals surface area contributed by atoms with E-state index in [1.807, 2.05) is 18.2 Å². The topological polar surface area (TPSA) is 79.2 Å². The van der Waals surface area contributed by atoms with Crippen molar-refractivity contribution in [3.05, 3.63) is 52.0 Å². The fourth-order valence-electron chi connectivity index (χ4n) is 1.60. The van der Waals surface area contributed by atoms with E-state index in [4.69, 9.17) is 12.2 Å². The van der Waals surface area contributed by atoms with E-state index in [2.05, 4.69) is 16.0 Å². The zero-order chi connectivity index (χ0) is 13.0. The van der Waals surface area contributed by atoms with Crippen molar-refractivity contribution in [2.75, 3.05) is 18.4 Å². The lowest BCUT2D eigenvalue weighted by atomic mass is 10.3. The molecule has 0 unspecified atom stereocenters. The molecule has 1 fully saturated rings.